The first-order chi connectivity index (χ1) is 9.90. The van der Waals surface area contributed by atoms with E-state index in [0.717, 1.165) is 0 Å². The number of nitrogens with one attached hydrogen (secondary N) is 1. The van der Waals surface area contributed by atoms with Crippen LogP contribution in [0.2, 0.25) is 0 Å². The van der Waals surface area contributed by atoms with Crippen LogP contribution in [0.4, 0.5) is 0 Å². The minimum absolute atomic E-state index is 0.0280. The Morgan fingerprint density at radius 1 is 1.29 bits per heavy atom. The zero-order valence-corrected chi connectivity index (χ0v) is 13.0. The lowest BCUT2D eigenvalue weighted by Gasteiger charge is -2.21. The van der Waals surface area contributed by atoms with Crippen molar-refractivity contribution in [3.8, 4) is 0 Å². The third-order valence-electron chi connectivity index (χ3n) is 3.53. The lowest BCUT2D eigenvalue weighted by molar-refractivity contribution is 0.0926. The highest BCUT2D eigenvalue weighted by Gasteiger charge is 2.34. The van der Waals surface area contributed by atoms with Crippen LogP contribution in [0.15, 0.2) is 30.3 Å². The molecule has 0 aromatic heterocycles. The van der Waals surface area contributed by atoms with E-state index in [1.807, 2.05) is 6.07 Å². The second-order valence-electron chi connectivity index (χ2n) is 5.30. The van der Waals surface area contributed by atoms with Crippen LogP contribution >= 0.6 is 0 Å². The van der Waals surface area contributed by atoms with Gasteiger partial charge in [0.25, 0.3) is 5.91 Å². The van der Waals surface area contributed by atoms with E-state index in [-0.39, 0.29) is 23.6 Å². The molecule has 1 aliphatic heterocycles. The minimum Gasteiger partial charge on any atom is -0.379 e. The summed E-state index contributed by atoms with van der Waals surface area (Å²) in [5, 5.41) is 2.86. The van der Waals surface area contributed by atoms with Gasteiger partial charge in [0, 0.05) is 25.6 Å². The van der Waals surface area contributed by atoms with Crippen molar-refractivity contribution in [3.05, 3.63) is 35.9 Å². The maximum Gasteiger partial charge on any atom is 0.251 e. The molecule has 116 valence electrons. The molecule has 0 saturated carbocycles. The third-order valence-corrected chi connectivity index (χ3v) is 5.49. The van der Waals surface area contributed by atoms with Crippen LogP contribution < -0.4 is 5.32 Å². The number of rotatable bonds is 5. The van der Waals surface area contributed by atoms with Crippen LogP contribution in [0.3, 0.4) is 0 Å². The summed E-state index contributed by atoms with van der Waals surface area (Å²) in [6.45, 7) is 0.680. The predicted molar refractivity (Wildman–Crippen MR) is 79.5 cm³/mol. The number of benzene rings is 1. The predicted octanol–water partition coefficient (Wildman–Crippen LogP) is 0.323. The van der Waals surface area contributed by atoms with E-state index in [1.54, 1.807) is 24.3 Å². The quantitative estimate of drug-likeness (QED) is 0.850. The van der Waals surface area contributed by atoms with Crippen LogP contribution in [-0.4, -0.2) is 57.7 Å². The Kier molecular flexibility index (Phi) is 4.97. The highest BCUT2D eigenvalue weighted by Crippen LogP contribution is 2.17. The maximum absolute atomic E-state index is 12.1. The average Bonchev–Trinajstić information content (AvgIpc) is 2.86. The van der Waals surface area contributed by atoms with Crippen molar-refractivity contribution in [2.75, 3.05) is 33.1 Å². The molecular formula is C14H20N2O4S. The van der Waals surface area contributed by atoms with Crippen LogP contribution in [0.25, 0.3) is 0 Å². The minimum atomic E-state index is -3.31. The van der Waals surface area contributed by atoms with Gasteiger partial charge in [-0.15, -0.1) is 0 Å². The molecule has 0 spiro atoms. The van der Waals surface area contributed by atoms with Crippen LogP contribution in [0.1, 0.15) is 10.4 Å². The Balaban J connectivity index is 2.01. The molecule has 0 bridgehead atoms. The molecule has 2 unspecified atom stereocenters. The van der Waals surface area contributed by atoms with Crippen molar-refractivity contribution in [2.45, 2.75) is 6.04 Å². The summed E-state index contributed by atoms with van der Waals surface area (Å²) in [5.41, 5.74) is 0.554. The monoisotopic (exact) mass is 312 g/mol. The molecule has 0 aliphatic carbocycles. The highest BCUT2D eigenvalue weighted by molar-refractivity contribution is 7.89. The van der Waals surface area contributed by atoms with Crippen molar-refractivity contribution >= 4 is 15.9 Å². The number of hydrogen-bond donors (Lipinski definition) is 1. The molecular weight excluding hydrogens is 292 g/mol. The molecule has 1 N–H and O–H groups in total. The molecule has 1 amide bonds. The molecule has 2 rings (SSSR count). The van der Waals surface area contributed by atoms with E-state index in [4.69, 9.17) is 4.74 Å². The lowest BCUT2D eigenvalue weighted by Crippen LogP contribution is -2.43. The van der Waals surface area contributed by atoms with Crippen molar-refractivity contribution in [1.29, 1.82) is 0 Å². The first-order valence-corrected chi connectivity index (χ1v) is 8.35. The standard InChI is InChI=1S/C14H20N2O4S/c1-16(2)21(18,19)10-12-8-20-9-13(12)15-14(17)11-6-4-3-5-7-11/h3-7,12-13H,8-10H2,1-2H3,(H,15,17). The second-order valence-corrected chi connectivity index (χ2v) is 7.53. The Bertz CT molecular complexity index is 586. The molecule has 1 fully saturated rings. The van der Waals surface area contributed by atoms with Crippen LogP contribution in [0, 0.1) is 5.92 Å². The SMILES string of the molecule is CN(C)S(=O)(=O)CC1COCC1NC(=O)c1ccccc1. The summed E-state index contributed by atoms with van der Waals surface area (Å²) >= 11 is 0. The van der Waals surface area contributed by atoms with E-state index < -0.39 is 10.0 Å². The summed E-state index contributed by atoms with van der Waals surface area (Å²) in [4.78, 5) is 12.1. The van der Waals surface area contributed by atoms with Gasteiger partial charge in [-0.05, 0) is 12.1 Å². The van der Waals surface area contributed by atoms with Gasteiger partial charge in [-0.2, -0.15) is 0 Å². The summed E-state index contributed by atoms with van der Waals surface area (Å²) in [5.74, 6) is -0.469. The topological polar surface area (TPSA) is 75.7 Å². The Labute approximate surface area is 125 Å². The Hall–Kier alpha value is -1.44. The van der Waals surface area contributed by atoms with E-state index >= 15 is 0 Å². The second kappa shape index (κ2) is 6.55. The summed E-state index contributed by atoms with van der Waals surface area (Å²) < 4.78 is 30.4. The van der Waals surface area contributed by atoms with Gasteiger partial charge in [0.05, 0.1) is 25.0 Å². The number of carbonyl (C=O) groups is 1. The fraction of sp³-hybridized carbons (Fsp3) is 0.500. The zero-order chi connectivity index (χ0) is 15.5. The first kappa shape index (κ1) is 15.9. The van der Waals surface area contributed by atoms with Gasteiger partial charge >= 0.3 is 0 Å². The largest absolute Gasteiger partial charge is 0.379 e. The van der Waals surface area contributed by atoms with Crippen LogP contribution in [-0.2, 0) is 14.8 Å². The summed E-state index contributed by atoms with van der Waals surface area (Å²) in [6.07, 6.45) is 0. The summed E-state index contributed by atoms with van der Waals surface area (Å²) in [7, 11) is -0.308. The molecule has 1 aromatic rings. The normalized spacial score (nSPS) is 22.4. The van der Waals surface area contributed by atoms with Gasteiger partial charge in [-0.1, -0.05) is 18.2 Å². The number of hydrogen-bond acceptors (Lipinski definition) is 4. The third kappa shape index (κ3) is 4.03. The summed E-state index contributed by atoms with van der Waals surface area (Å²) in [6, 6.07) is 8.56. The molecule has 1 aromatic carbocycles. The Morgan fingerprint density at radius 3 is 2.57 bits per heavy atom. The molecule has 6 nitrogen and oxygen atoms in total. The van der Waals surface area contributed by atoms with Gasteiger partial charge < -0.3 is 10.1 Å². The number of nitrogens with zero attached hydrogens (tertiary/aromatic N) is 1. The Morgan fingerprint density at radius 2 is 1.95 bits per heavy atom. The fourth-order valence-electron chi connectivity index (χ4n) is 2.18. The lowest BCUT2D eigenvalue weighted by atomic mass is 10.1. The molecule has 1 aliphatic rings. The molecule has 21 heavy (non-hydrogen) atoms. The number of sulfonamides is 1. The van der Waals surface area contributed by atoms with Crippen molar-refractivity contribution in [3.63, 3.8) is 0 Å². The molecule has 0 radical (unpaired) electrons. The number of ether oxygens (including phenoxy) is 1. The average molecular weight is 312 g/mol. The maximum atomic E-state index is 12.1. The molecule has 1 saturated heterocycles. The number of amides is 1. The highest BCUT2D eigenvalue weighted by atomic mass is 32.2. The van der Waals surface area contributed by atoms with Gasteiger partial charge in [-0.3, -0.25) is 4.79 Å². The molecule has 7 heteroatoms. The zero-order valence-electron chi connectivity index (χ0n) is 12.2. The molecule has 1 heterocycles. The van der Waals surface area contributed by atoms with Gasteiger partial charge in [0.15, 0.2) is 0 Å². The van der Waals surface area contributed by atoms with E-state index in [2.05, 4.69) is 5.32 Å². The fourth-order valence-corrected chi connectivity index (χ4v) is 3.35. The van der Waals surface area contributed by atoms with Crippen molar-refractivity contribution in [2.24, 2.45) is 5.92 Å². The first-order valence-electron chi connectivity index (χ1n) is 6.74. The van der Waals surface area contributed by atoms with Crippen molar-refractivity contribution < 1.29 is 17.9 Å². The van der Waals surface area contributed by atoms with Gasteiger partial charge in [0.2, 0.25) is 10.0 Å². The van der Waals surface area contributed by atoms with E-state index in [9.17, 15) is 13.2 Å². The van der Waals surface area contributed by atoms with Gasteiger partial charge in [-0.25, -0.2) is 12.7 Å². The molecule has 2 atom stereocenters. The van der Waals surface area contributed by atoms with Gasteiger partial charge in [0.1, 0.15) is 0 Å². The smallest absolute Gasteiger partial charge is 0.251 e. The number of carbonyl (C=O) groups excluding carboxylic acids is 1. The van der Waals surface area contributed by atoms with Crippen molar-refractivity contribution in [1.82, 2.24) is 9.62 Å². The van der Waals surface area contributed by atoms with Crippen LogP contribution in [0.5, 0.6) is 0 Å². The van der Waals surface area contributed by atoms with E-state index in [0.29, 0.717) is 18.8 Å². The van der Waals surface area contributed by atoms with E-state index in [1.165, 1.54) is 18.4 Å².